The Balaban J connectivity index is 1.67. The minimum absolute atomic E-state index is 0.0292. The third kappa shape index (κ3) is 4.86. The van der Waals surface area contributed by atoms with Crippen LogP contribution in [0.5, 0.6) is 0 Å². The number of benzene rings is 1. The lowest BCUT2D eigenvalue weighted by Gasteiger charge is -2.18. The molecule has 0 radical (unpaired) electrons. The fourth-order valence-corrected chi connectivity index (χ4v) is 3.39. The van der Waals surface area contributed by atoms with Crippen LogP contribution < -0.4 is 5.32 Å². The maximum atomic E-state index is 12.7. The molecule has 0 saturated carbocycles. The van der Waals surface area contributed by atoms with Crippen LogP contribution in [0.1, 0.15) is 53.4 Å². The van der Waals surface area contributed by atoms with Crippen LogP contribution in [0.2, 0.25) is 0 Å². The van der Waals surface area contributed by atoms with Crippen LogP contribution in [0, 0.1) is 18.3 Å². The molecule has 31 heavy (non-hydrogen) atoms. The molecule has 1 N–H and O–H groups in total. The second-order valence-corrected chi connectivity index (χ2v) is 7.22. The summed E-state index contributed by atoms with van der Waals surface area (Å²) < 4.78 is 12.6. The van der Waals surface area contributed by atoms with Crippen molar-refractivity contribution in [3.05, 3.63) is 77.3 Å². The Kier molecular flexibility index (Phi) is 6.93. The summed E-state index contributed by atoms with van der Waals surface area (Å²) in [7, 11) is 0. The van der Waals surface area contributed by atoms with E-state index in [0.29, 0.717) is 6.54 Å². The number of carbonyl (C=O) groups is 2. The number of amides is 1. The summed E-state index contributed by atoms with van der Waals surface area (Å²) in [6.07, 6.45) is 3.26. The summed E-state index contributed by atoms with van der Waals surface area (Å²) >= 11 is 0. The van der Waals surface area contributed by atoms with E-state index in [9.17, 15) is 14.9 Å². The number of hydrogen-bond donors (Lipinski definition) is 1. The Morgan fingerprint density at radius 3 is 2.48 bits per heavy atom. The van der Waals surface area contributed by atoms with Gasteiger partial charge in [-0.2, -0.15) is 5.26 Å². The van der Waals surface area contributed by atoms with Crippen molar-refractivity contribution in [2.24, 2.45) is 0 Å². The van der Waals surface area contributed by atoms with Gasteiger partial charge in [-0.05, 0) is 38.0 Å². The van der Waals surface area contributed by atoms with Gasteiger partial charge in [-0.15, -0.1) is 0 Å². The van der Waals surface area contributed by atoms with E-state index in [4.69, 9.17) is 9.15 Å². The minimum Gasteiger partial charge on any atom is -0.449 e. The second kappa shape index (κ2) is 9.81. The SMILES string of the molecule is CC[C@H](CNC(=O)[C@H](C)OC(=O)c1c(C)oc(-n2cccc2)c1C#N)c1ccccc1. The summed E-state index contributed by atoms with van der Waals surface area (Å²) in [6, 6.07) is 15.5. The number of hydrogen-bond acceptors (Lipinski definition) is 5. The molecule has 7 nitrogen and oxygen atoms in total. The topological polar surface area (TPSA) is 97.3 Å². The average molecular weight is 419 g/mol. The Labute approximate surface area is 181 Å². The maximum absolute atomic E-state index is 12.7. The number of aromatic nitrogens is 1. The summed E-state index contributed by atoms with van der Waals surface area (Å²) in [5.41, 5.74) is 1.24. The Morgan fingerprint density at radius 1 is 1.19 bits per heavy atom. The fraction of sp³-hybridized carbons (Fsp3) is 0.292. The second-order valence-electron chi connectivity index (χ2n) is 7.22. The molecule has 160 valence electrons. The molecule has 1 amide bonds. The van der Waals surface area contributed by atoms with E-state index < -0.39 is 18.0 Å². The van der Waals surface area contributed by atoms with E-state index in [-0.39, 0.29) is 28.7 Å². The Bertz CT molecular complexity index is 1080. The maximum Gasteiger partial charge on any atom is 0.343 e. The van der Waals surface area contributed by atoms with E-state index >= 15 is 0 Å². The zero-order chi connectivity index (χ0) is 22.4. The van der Waals surface area contributed by atoms with Crippen LogP contribution in [0.25, 0.3) is 5.88 Å². The van der Waals surface area contributed by atoms with Crippen LogP contribution >= 0.6 is 0 Å². The molecule has 0 aliphatic rings. The monoisotopic (exact) mass is 419 g/mol. The standard InChI is InChI=1S/C24H25N3O4/c1-4-18(19-10-6-5-7-11-19)15-26-22(28)17(3)31-24(29)21-16(2)30-23(20(21)14-25)27-12-8-9-13-27/h5-13,17-18H,4,15H2,1-3H3,(H,26,28)/t17-,18+/m0/s1. The van der Waals surface area contributed by atoms with Crippen molar-refractivity contribution in [1.29, 1.82) is 5.26 Å². The predicted octanol–water partition coefficient (Wildman–Crippen LogP) is 4.11. The van der Waals surface area contributed by atoms with E-state index in [2.05, 4.69) is 12.2 Å². The lowest BCUT2D eigenvalue weighted by Crippen LogP contribution is -2.38. The highest BCUT2D eigenvalue weighted by molar-refractivity contribution is 5.96. The molecule has 0 aliphatic carbocycles. The van der Waals surface area contributed by atoms with Crippen molar-refractivity contribution in [2.45, 2.75) is 39.2 Å². The van der Waals surface area contributed by atoms with Crippen LogP contribution in [-0.2, 0) is 9.53 Å². The molecule has 2 heterocycles. The Hall–Kier alpha value is -3.79. The fourth-order valence-electron chi connectivity index (χ4n) is 3.39. The van der Waals surface area contributed by atoms with Crippen molar-refractivity contribution in [2.75, 3.05) is 6.54 Å². The number of carbonyl (C=O) groups excluding carboxylic acids is 2. The molecule has 3 aromatic rings. The Morgan fingerprint density at radius 2 is 1.87 bits per heavy atom. The van der Waals surface area contributed by atoms with Gasteiger partial charge in [0.25, 0.3) is 5.91 Å². The number of furan rings is 1. The third-order valence-electron chi connectivity index (χ3n) is 5.16. The molecule has 2 aromatic heterocycles. The van der Waals surface area contributed by atoms with Gasteiger partial charge in [0, 0.05) is 24.9 Å². The van der Waals surface area contributed by atoms with E-state index in [1.807, 2.05) is 36.4 Å². The minimum atomic E-state index is -1.02. The van der Waals surface area contributed by atoms with Crippen molar-refractivity contribution in [1.82, 2.24) is 9.88 Å². The van der Waals surface area contributed by atoms with Crippen LogP contribution in [0.4, 0.5) is 0 Å². The van der Waals surface area contributed by atoms with Crippen molar-refractivity contribution in [3.63, 3.8) is 0 Å². The molecule has 0 bridgehead atoms. The van der Waals surface area contributed by atoms with Gasteiger partial charge >= 0.3 is 5.97 Å². The molecule has 0 aliphatic heterocycles. The van der Waals surface area contributed by atoms with Gasteiger partial charge in [0.05, 0.1) is 0 Å². The highest BCUT2D eigenvalue weighted by atomic mass is 16.5. The summed E-state index contributed by atoms with van der Waals surface area (Å²) in [5.74, 6) is -0.504. The van der Waals surface area contributed by atoms with Crippen LogP contribution in [0.3, 0.4) is 0 Å². The molecule has 7 heteroatoms. The average Bonchev–Trinajstić information content (AvgIpc) is 3.42. The zero-order valence-corrected chi connectivity index (χ0v) is 17.8. The molecular weight excluding hydrogens is 394 g/mol. The highest BCUT2D eigenvalue weighted by Crippen LogP contribution is 2.26. The number of nitrogens with one attached hydrogen (secondary N) is 1. The summed E-state index contributed by atoms with van der Waals surface area (Å²) in [4.78, 5) is 25.2. The molecule has 0 spiro atoms. The number of esters is 1. The largest absolute Gasteiger partial charge is 0.449 e. The molecule has 0 saturated heterocycles. The molecule has 1 aromatic carbocycles. The van der Waals surface area contributed by atoms with Gasteiger partial charge in [0.2, 0.25) is 5.88 Å². The lowest BCUT2D eigenvalue weighted by atomic mass is 9.96. The molecule has 0 unspecified atom stereocenters. The van der Waals surface area contributed by atoms with Crippen molar-refractivity contribution < 1.29 is 18.7 Å². The third-order valence-corrected chi connectivity index (χ3v) is 5.16. The van der Waals surface area contributed by atoms with E-state index in [1.165, 1.54) is 6.92 Å². The molecule has 0 fully saturated rings. The number of nitrogens with zero attached hydrogens (tertiary/aromatic N) is 2. The first kappa shape index (κ1) is 21.9. The first-order valence-electron chi connectivity index (χ1n) is 10.2. The molecule has 2 atom stereocenters. The molecule has 3 rings (SSSR count). The smallest absolute Gasteiger partial charge is 0.343 e. The van der Waals surface area contributed by atoms with Gasteiger partial charge in [0.15, 0.2) is 6.10 Å². The first-order chi connectivity index (χ1) is 15.0. The number of nitriles is 1. The van der Waals surface area contributed by atoms with Gasteiger partial charge < -0.3 is 14.5 Å². The van der Waals surface area contributed by atoms with Gasteiger partial charge in [-0.25, -0.2) is 4.79 Å². The van der Waals surface area contributed by atoms with E-state index in [0.717, 1.165) is 12.0 Å². The van der Waals surface area contributed by atoms with Crippen molar-refractivity contribution >= 4 is 11.9 Å². The van der Waals surface area contributed by atoms with Gasteiger partial charge in [-0.1, -0.05) is 37.3 Å². The van der Waals surface area contributed by atoms with Gasteiger partial charge in [-0.3, -0.25) is 9.36 Å². The highest BCUT2D eigenvalue weighted by Gasteiger charge is 2.28. The zero-order valence-electron chi connectivity index (χ0n) is 17.8. The lowest BCUT2D eigenvalue weighted by molar-refractivity contribution is -0.129. The quantitative estimate of drug-likeness (QED) is 0.554. The number of ether oxygens (including phenoxy) is 1. The normalized spacial score (nSPS) is 12.6. The molecular formula is C24H25N3O4. The van der Waals surface area contributed by atoms with E-state index in [1.54, 1.807) is 36.0 Å². The van der Waals surface area contributed by atoms with Gasteiger partial charge in [0.1, 0.15) is 23.0 Å². The number of rotatable bonds is 8. The first-order valence-corrected chi connectivity index (χ1v) is 10.2. The van der Waals surface area contributed by atoms with Crippen LogP contribution in [-0.4, -0.2) is 29.1 Å². The van der Waals surface area contributed by atoms with Crippen molar-refractivity contribution in [3.8, 4) is 12.0 Å². The number of aryl methyl sites for hydroxylation is 1. The summed E-state index contributed by atoms with van der Waals surface area (Å²) in [6.45, 7) is 5.58. The summed E-state index contributed by atoms with van der Waals surface area (Å²) in [5, 5.41) is 12.4. The van der Waals surface area contributed by atoms with Crippen LogP contribution in [0.15, 0.2) is 59.3 Å². The predicted molar refractivity (Wildman–Crippen MR) is 115 cm³/mol.